The van der Waals surface area contributed by atoms with E-state index in [9.17, 15) is 0 Å². The summed E-state index contributed by atoms with van der Waals surface area (Å²) in [6, 6.07) is 1.54. The number of allylic oxidation sites excluding steroid dienone is 2. The van der Waals surface area contributed by atoms with Gasteiger partial charge in [0, 0.05) is 18.6 Å². The van der Waals surface area contributed by atoms with Gasteiger partial charge in [-0.1, -0.05) is 26.0 Å². The predicted molar refractivity (Wildman–Crippen MR) is 79.8 cm³/mol. The lowest BCUT2D eigenvalue weighted by Gasteiger charge is -2.55. The molecule has 1 saturated heterocycles. The van der Waals surface area contributed by atoms with E-state index in [1.54, 1.807) is 6.42 Å². The average molecular weight is 259 g/mol. The van der Waals surface area contributed by atoms with Gasteiger partial charge in [0.1, 0.15) is 0 Å². The largest absolute Gasteiger partial charge is 0.297 e. The highest BCUT2D eigenvalue weighted by atomic mass is 15.2. The number of nitrogens with zero attached hydrogens (tertiary/aromatic N) is 1. The van der Waals surface area contributed by atoms with Gasteiger partial charge < -0.3 is 0 Å². The maximum Gasteiger partial charge on any atom is 0.0124 e. The third-order valence-electron chi connectivity index (χ3n) is 6.77. The number of likely N-dealkylation sites (tertiary alicyclic amines) is 1. The smallest absolute Gasteiger partial charge is 0.0124 e. The minimum Gasteiger partial charge on any atom is -0.297 e. The molecule has 5 rings (SSSR count). The molecule has 0 amide bonds. The second-order valence-corrected chi connectivity index (χ2v) is 8.27. The van der Waals surface area contributed by atoms with E-state index in [4.69, 9.17) is 0 Å². The molecular weight excluding hydrogens is 230 g/mol. The first-order chi connectivity index (χ1) is 9.08. The molecule has 1 heteroatoms. The van der Waals surface area contributed by atoms with Gasteiger partial charge in [0.2, 0.25) is 0 Å². The Labute approximate surface area is 118 Å². The van der Waals surface area contributed by atoms with Gasteiger partial charge in [0.25, 0.3) is 0 Å². The Hall–Kier alpha value is -0.300. The molecule has 1 aliphatic heterocycles. The molecule has 5 aliphatic rings. The summed E-state index contributed by atoms with van der Waals surface area (Å²) >= 11 is 0. The van der Waals surface area contributed by atoms with Crippen LogP contribution in [-0.4, -0.2) is 23.5 Å². The number of hydrogen-bond donors (Lipinski definition) is 0. The van der Waals surface area contributed by atoms with Crippen molar-refractivity contribution in [2.75, 3.05) is 6.54 Å². The van der Waals surface area contributed by atoms with Crippen LogP contribution in [0.25, 0.3) is 0 Å². The van der Waals surface area contributed by atoms with Crippen LogP contribution in [0, 0.1) is 41.4 Å². The van der Waals surface area contributed by atoms with Crippen molar-refractivity contribution < 1.29 is 0 Å². The van der Waals surface area contributed by atoms with E-state index in [0.29, 0.717) is 6.04 Å². The normalized spacial score (nSPS) is 51.6. The first-order valence-corrected chi connectivity index (χ1v) is 8.52. The van der Waals surface area contributed by atoms with Gasteiger partial charge in [-0.25, -0.2) is 0 Å². The fourth-order valence-electron chi connectivity index (χ4n) is 5.79. The van der Waals surface area contributed by atoms with E-state index in [0.717, 1.165) is 47.5 Å². The van der Waals surface area contributed by atoms with E-state index >= 15 is 0 Å². The van der Waals surface area contributed by atoms with Crippen LogP contribution in [0.5, 0.6) is 0 Å². The quantitative estimate of drug-likeness (QED) is 0.682. The minimum atomic E-state index is 0.716. The molecule has 1 heterocycles. The number of piperidine rings is 1. The SMILES string of the molecule is CC(C)C1CC2C3C=CC(C4CC34)C2CN1C(C)C. The van der Waals surface area contributed by atoms with Gasteiger partial charge in [-0.15, -0.1) is 0 Å². The lowest BCUT2D eigenvalue weighted by Crippen LogP contribution is -2.57. The molecule has 3 fully saturated rings. The topological polar surface area (TPSA) is 3.24 Å². The van der Waals surface area contributed by atoms with Gasteiger partial charge in [-0.2, -0.15) is 0 Å². The van der Waals surface area contributed by atoms with Crippen LogP contribution in [0.1, 0.15) is 40.5 Å². The van der Waals surface area contributed by atoms with E-state index in [2.05, 4.69) is 44.7 Å². The molecule has 1 nitrogen and oxygen atoms in total. The van der Waals surface area contributed by atoms with Gasteiger partial charge in [-0.3, -0.25) is 4.90 Å². The summed E-state index contributed by atoms with van der Waals surface area (Å²) in [6.07, 6.45) is 8.23. The Morgan fingerprint density at radius 2 is 1.42 bits per heavy atom. The molecule has 106 valence electrons. The van der Waals surface area contributed by atoms with Crippen molar-refractivity contribution in [3.8, 4) is 0 Å². The molecule has 0 radical (unpaired) electrons. The summed E-state index contributed by atoms with van der Waals surface area (Å²) in [7, 11) is 0. The van der Waals surface area contributed by atoms with Gasteiger partial charge in [0.05, 0.1) is 0 Å². The first kappa shape index (κ1) is 12.4. The highest BCUT2D eigenvalue weighted by Crippen LogP contribution is 2.65. The average Bonchev–Trinajstić information content (AvgIpc) is 3.18. The highest BCUT2D eigenvalue weighted by Gasteiger charge is 2.60. The first-order valence-electron chi connectivity index (χ1n) is 8.52. The molecule has 0 aromatic carbocycles. The zero-order valence-corrected chi connectivity index (χ0v) is 12.9. The molecule has 0 aromatic rings. The van der Waals surface area contributed by atoms with Crippen LogP contribution in [0.4, 0.5) is 0 Å². The zero-order valence-electron chi connectivity index (χ0n) is 12.9. The molecule has 2 saturated carbocycles. The van der Waals surface area contributed by atoms with Crippen LogP contribution in [0.3, 0.4) is 0 Å². The second-order valence-electron chi connectivity index (χ2n) is 8.27. The fourth-order valence-corrected chi connectivity index (χ4v) is 5.79. The van der Waals surface area contributed by atoms with Crippen LogP contribution >= 0.6 is 0 Å². The van der Waals surface area contributed by atoms with E-state index in [-0.39, 0.29) is 0 Å². The minimum absolute atomic E-state index is 0.716. The van der Waals surface area contributed by atoms with Crippen LogP contribution in [0.15, 0.2) is 12.2 Å². The monoisotopic (exact) mass is 259 g/mol. The Bertz CT molecular complexity index is 360. The Kier molecular flexibility index (Phi) is 2.68. The van der Waals surface area contributed by atoms with Crippen molar-refractivity contribution >= 4 is 0 Å². The maximum atomic E-state index is 2.83. The molecule has 2 bridgehead atoms. The number of hydrogen-bond acceptors (Lipinski definition) is 1. The van der Waals surface area contributed by atoms with Crippen molar-refractivity contribution in [2.24, 2.45) is 41.4 Å². The Morgan fingerprint density at radius 3 is 2.00 bits per heavy atom. The zero-order chi connectivity index (χ0) is 13.3. The summed E-state index contributed by atoms with van der Waals surface area (Å²) in [5, 5.41) is 0. The van der Waals surface area contributed by atoms with Gasteiger partial charge in [-0.05, 0) is 68.1 Å². The summed E-state index contributed by atoms with van der Waals surface area (Å²) in [4.78, 5) is 2.83. The van der Waals surface area contributed by atoms with Gasteiger partial charge >= 0.3 is 0 Å². The van der Waals surface area contributed by atoms with Crippen LogP contribution < -0.4 is 0 Å². The summed E-state index contributed by atoms with van der Waals surface area (Å²) in [6.45, 7) is 11.0. The molecule has 19 heavy (non-hydrogen) atoms. The predicted octanol–water partition coefficient (Wildman–Crippen LogP) is 3.81. The van der Waals surface area contributed by atoms with Crippen molar-refractivity contribution in [3.63, 3.8) is 0 Å². The lowest BCUT2D eigenvalue weighted by molar-refractivity contribution is -0.0399. The maximum absolute atomic E-state index is 2.83. The Balaban J connectivity index is 1.63. The van der Waals surface area contributed by atoms with Crippen molar-refractivity contribution in [3.05, 3.63) is 12.2 Å². The third-order valence-corrected chi connectivity index (χ3v) is 6.77. The van der Waals surface area contributed by atoms with E-state index < -0.39 is 0 Å². The molecule has 0 spiro atoms. The Morgan fingerprint density at radius 1 is 0.842 bits per heavy atom. The van der Waals surface area contributed by atoms with Crippen molar-refractivity contribution in [1.29, 1.82) is 0 Å². The van der Waals surface area contributed by atoms with Crippen molar-refractivity contribution in [1.82, 2.24) is 4.90 Å². The van der Waals surface area contributed by atoms with Crippen LogP contribution in [-0.2, 0) is 0 Å². The highest BCUT2D eigenvalue weighted by molar-refractivity contribution is 5.22. The lowest BCUT2D eigenvalue weighted by atomic mass is 9.58. The van der Waals surface area contributed by atoms with E-state index in [1.807, 2.05) is 0 Å². The molecule has 0 N–H and O–H groups in total. The van der Waals surface area contributed by atoms with Gasteiger partial charge in [0.15, 0.2) is 0 Å². The summed E-state index contributed by atoms with van der Waals surface area (Å²) in [5.74, 6) is 6.88. The second kappa shape index (κ2) is 4.10. The van der Waals surface area contributed by atoms with Crippen molar-refractivity contribution in [2.45, 2.75) is 52.6 Å². The fraction of sp³-hybridized carbons (Fsp3) is 0.889. The molecule has 0 aromatic heterocycles. The number of rotatable bonds is 2. The molecule has 7 unspecified atom stereocenters. The van der Waals surface area contributed by atoms with Crippen LogP contribution in [0.2, 0.25) is 0 Å². The summed E-state index contributed by atoms with van der Waals surface area (Å²) in [5.41, 5.74) is 0. The standard InChI is InChI=1S/C18H29N/c1-10(2)18-8-16-12-5-6-13(15-7-14(12)15)17(16)9-19(18)11(3)4/h5-6,10-18H,7-9H2,1-4H3. The summed E-state index contributed by atoms with van der Waals surface area (Å²) < 4.78 is 0. The third kappa shape index (κ3) is 1.70. The molecular formula is C18H29N. The molecule has 4 aliphatic carbocycles. The van der Waals surface area contributed by atoms with E-state index in [1.165, 1.54) is 13.0 Å². The molecule has 7 atom stereocenters.